The van der Waals surface area contributed by atoms with Crippen LogP contribution < -0.4 is 0 Å². The molecule has 3 rings (SSSR count). The highest BCUT2D eigenvalue weighted by atomic mass is 32.2. The number of nitro groups is 1. The van der Waals surface area contributed by atoms with E-state index >= 15 is 0 Å². The Morgan fingerprint density at radius 1 is 1.04 bits per heavy atom. The van der Waals surface area contributed by atoms with Gasteiger partial charge < -0.3 is 27.6 Å². The summed E-state index contributed by atoms with van der Waals surface area (Å²) in [5, 5.41) is 10.8. The monoisotopic (exact) mass is 799 g/mol. The van der Waals surface area contributed by atoms with E-state index in [-0.39, 0.29) is 71.2 Å². The van der Waals surface area contributed by atoms with Crippen LogP contribution in [0.5, 0.6) is 0 Å². The molecule has 2 aliphatic heterocycles. The molecule has 0 aliphatic carbocycles. The number of carbonyl (C=O) groups is 4. The van der Waals surface area contributed by atoms with Crippen LogP contribution >= 0.6 is 19.3 Å². The molecule has 14 nitrogen and oxygen atoms in total. The summed E-state index contributed by atoms with van der Waals surface area (Å²) >= 11 is 1.19. The highest BCUT2D eigenvalue weighted by molar-refractivity contribution is 8.14. The summed E-state index contributed by atoms with van der Waals surface area (Å²) in [5.74, 6) is -2.00. The van der Waals surface area contributed by atoms with Crippen molar-refractivity contribution in [2.24, 2.45) is 11.8 Å². The lowest BCUT2D eigenvalue weighted by molar-refractivity contribution is -0.384. The first kappa shape index (κ1) is 44.8. The number of amides is 2. The van der Waals surface area contributed by atoms with E-state index in [0.29, 0.717) is 18.7 Å². The SMILES string of the molecule is CCOP(OCC)(OCC)=C(C(=O)OCc1ccc([N+](=O)[O-])cc1)N1C(=O)C(C(C)O[Si](C)(C)C(C)(C)C)C1CC(=O)SC(C)C1CCN(C(C)=O)C1. The average molecular weight is 800 g/mol. The molecule has 0 spiro atoms. The Labute approximate surface area is 319 Å². The van der Waals surface area contributed by atoms with E-state index in [0.717, 1.165) is 6.42 Å². The minimum Gasteiger partial charge on any atom is -0.456 e. The second kappa shape index (κ2) is 18.8. The zero-order chi connectivity index (χ0) is 39.9. The predicted octanol–water partition coefficient (Wildman–Crippen LogP) is 6.78. The minimum absolute atomic E-state index is 0.00597. The van der Waals surface area contributed by atoms with Gasteiger partial charge in [0.15, 0.2) is 13.4 Å². The van der Waals surface area contributed by atoms with E-state index in [1.54, 1.807) is 32.6 Å². The number of non-ortho nitro benzene ring substituents is 1. The molecule has 5 unspecified atom stereocenters. The van der Waals surface area contributed by atoms with Crippen LogP contribution in [0.1, 0.15) is 80.7 Å². The molecule has 2 saturated heterocycles. The van der Waals surface area contributed by atoms with Crippen LogP contribution in [0.2, 0.25) is 18.1 Å². The summed E-state index contributed by atoms with van der Waals surface area (Å²) in [4.78, 5) is 68.5. The molecule has 5 atom stereocenters. The molecule has 53 heavy (non-hydrogen) atoms. The first-order chi connectivity index (χ1) is 24.7. The smallest absolute Gasteiger partial charge is 0.362 e. The van der Waals surface area contributed by atoms with Gasteiger partial charge in [-0.15, -0.1) is 0 Å². The Hall–Kier alpha value is -2.59. The van der Waals surface area contributed by atoms with Crippen molar-refractivity contribution >= 4 is 61.6 Å². The first-order valence-electron chi connectivity index (χ1n) is 18.3. The fourth-order valence-corrected chi connectivity index (χ4v) is 11.3. The zero-order valence-electron chi connectivity index (χ0n) is 33.0. The number of β-lactam (4-membered cyclic amide) rings is 1. The van der Waals surface area contributed by atoms with Crippen LogP contribution in [-0.4, -0.2) is 102 Å². The molecule has 0 radical (unpaired) electrons. The maximum atomic E-state index is 14.5. The molecule has 0 saturated carbocycles. The quantitative estimate of drug-likeness (QED) is 0.0382. The Bertz CT molecular complexity index is 1530. The molecule has 2 fully saturated rings. The molecule has 1 aromatic rings. The third-order valence-corrected chi connectivity index (χ3v) is 18.6. The summed E-state index contributed by atoms with van der Waals surface area (Å²) in [6.45, 7) is 22.2. The number of esters is 1. The van der Waals surface area contributed by atoms with E-state index in [9.17, 15) is 29.3 Å². The van der Waals surface area contributed by atoms with Gasteiger partial charge >= 0.3 is 5.97 Å². The average Bonchev–Trinajstić information content (AvgIpc) is 3.57. The highest BCUT2D eigenvalue weighted by Crippen LogP contribution is 2.55. The van der Waals surface area contributed by atoms with Crippen molar-refractivity contribution in [1.29, 1.82) is 0 Å². The van der Waals surface area contributed by atoms with E-state index in [2.05, 4.69) is 33.9 Å². The number of hydrogen-bond donors (Lipinski definition) is 0. The number of benzene rings is 1. The van der Waals surface area contributed by atoms with Crippen LogP contribution in [0.4, 0.5) is 5.69 Å². The maximum Gasteiger partial charge on any atom is 0.362 e. The van der Waals surface area contributed by atoms with Crippen molar-refractivity contribution in [2.45, 2.75) is 117 Å². The van der Waals surface area contributed by atoms with Crippen molar-refractivity contribution in [3.05, 3.63) is 39.9 Å². The lowest BCUT2D eigenvalue weighted by Crippen LogP contribution is -2.69. The van der Waals surface area contributed by atoms with Crippen molar-refractivity contribution in [2.75, 3.05) is 32.9 Å². The topological polar surface area (TPSA) is 164 Å². The van der Waals surface area contributed by atoms with Gasteiger partial charge in [-0.05, 0) is 75.9 Å². The van der Waals surface area contributed by atoms with Crippen LogP contribution in [0.15, 0.2) is 24.3 Å². The Morgan fingerprint density at radius 3 is 2.08 bits per heavy atom. The van der Waals surface area contributed by atoms with Crippen LogP contribution in [-0.2, 0) is 48.5 Å². The molecule has 17 heteroatoms. The van der Waals surface area contributed by atoms with Gasteiger partial charge in [-0.3, -0.25) is 29.4 Å². The number of hydrogen-bond acceptors (Lipinski definition) is 12. The molecule has 1 aromatic carbocycles. The Balaban J connectivity index is 2.08. The van der Waals surface area contributed by atoms with Gasteiger partial charge in [-0.2, -0.15) is 0 Å². The molecular formula is C36H58N3O11PSSi. The van der Waals surface area contributed by atoms with Gasteiger partial charge in [0.1, 0.15) is 6.61 Å². The third-order valence-electron chi connectivity index (χ3n) is 10.2. The molecular weight excluding hydrogens is 742 g/mol. The maximum absolute atomic E-state index is 14.5. The van der Waals surface area contributed by atoms with Crippen LogP contribution in [0.25, 0.3) is 0 Å². The summed E-state index contributed by atoms with van der Waals surface area (Å²) in [6, 6.07) is 4.76. The molecule has 298 valence electrons. The van der Waals surface area contributed by atoms with Gasteiger partial charge in [-0.25, -0.2) is 4.79 Å². The van der Waals surface area contributed by atoms with E-state index < -0.39 is 50.7 Å². The molecule has 0 N–H and O–H groups in total. The number of likely N-dealkylation sites (tertiary alicyclic amines) is 2. The summed E-state index contributed by atoms with van der Waals surface area (Å²) < 4.78 is 30.9. The van der Waals surface area contributed by atoms with E-state index in [1.165, 1.54) is 40.9 Å². The van der Waals surface area contributed by atoms with Crippen molar-refractivity contribution in [1.82, 2.24) is 9.80 Å². The van der Waals surface area contributed by atoms with Gasteiger partial charge in [0.25, 0.3) is 13.3 Å². The Morgan fingerprint density at radius 2 is 1.60 bits per heavy atom. The minimum atomic E-state index is -3.76. The second-order valence-electron chi connectivity index (χ2n) is 14.9. The number of carbonyl (C=O) groups excluding carboxylic acids is 4. The van der Waals surface area contributed by atoms with Gasteiger partial charge in [0.2, 0.25) is 17.2 Å². The molecule has 2 aliphatic rings. The van der Waals surface area contributed by atoms with E-state index in [1.807, 2.05) is 13.8 Å². The molecule has 2 amide bonds. The van der Waals surface area contributed by atoms with Crippen LogP contribution in [0.3, 0.4) is 0 Å². The molecule has 0 aromatic heterocycles. The highest BCUT2D eigenvalue weighted by Gasteiger charge is 2.58. The third kappa shape index (κ3) is 10.8. The molecule has 0 bridgehead atoms. The van der Waals surface area contributed by atoms with E-state index in [4.69, 9.17) is 22.7 Å². The number of nitrogens with zero attached hydrogens (tertiary/aromatic N) is 3. The lowest BCUT2D eigenvalue weighted by atomic mass is 9.81. The summed E-state index contributed by atoms with van der Waals surface area (Å²) in [6.07, 6.45) is 0.108. The number of thioether (sulfide) groups is 1. The van der Waals surface area contributed by atoms with Gasteiger partial charge in [0.05, 0.1) is 42.8 Å². The number of ether oxygens (including phenoxy) is 1. The fourth-order valence-electron chi connectivity index (χ4n) is 6.33. The number of nitro benzene ring substituents is 1. The fraction of sp³-hybridized carbons (Fsp3) is 0.694. The summed E-state index contributed by atoms with van der Waals surface area (Å²) in [7, 11) is -6.14. The predicted molar refractivity (Wildman–Crippen MR) is 209 cm³/mol. The first-order valence-corrected chi connectivity index (χ1v) is 23.6. The standard InChI is InChI=1S/C36H58N3O11PSSi/c1-12-47-51(48-13-2,49-14-3)34(35(43)46-23-27-15-17-29(18-16-27)39(44)45)38-30(32(33(38)42)24(4)50-53(10,11)36(7,8)9)21-31(41)52-25(5)28-19-20-37(22-28)26(6)40/h15-18,24-25,28,30,32H,12-14,19-23H2,1-11H3. The second-order valence-corrected chi connectivity index (χ2v) is 23.3. The zero-order valence-corrected chi connectivity index (χ0v) is 35.8. The normalized spacial score (nSPS) is 20.5. The Kier molecular flexibility index (Phi) is 15.9. The lowest BCUT2D eigenvalue weighted by Gasteiger charge is -2.52. The van der Waals surface area contributed by atoms with Crippen molar-refractivity contribution < 1.29 is 46.8 Å². The van der Waals surface area contributed by atoms with Crippen LogP contribution in [0, 0.1) is 22.0 Å². The summed E-state index contributed by atoms with van der Waals surface area (Å²) in [5.41, 5.74) is 0.124. The van der Waals surface area contributed by atoms with Crippen molar-refractivity contribution in [3.63, 3.8) is 0 Å². The van der Waals surface area contributed by atoms with Gasteiger partial charge in [-0.1, -0.05) is 39.5 Å². The van der Waals surface area contributed by atoms with Crippen molar-refractivity contribution in [3.8, 4) is 0 Å². The number of rotatable bonds is 18. The molecule has 2 heterocycles. The van der Waals surface area contributed by atoms with Gasteiger partial charge in [0, 0.05) is 43.8 Å². The largest absolute Gasteiger partial charge is 0.456 e.